The molecule has 0 fully saturated rings. The number of hydrogen-bond donors (Lipinski definition) is 0. The van der Waals surface area contributed by atoms with E-state index in [1.54, 1.807) is 11.1 Å². The Morgan fingerprint density at radius 1 is 1.36 bits per heavy atom. The van der Waals surface area contributed by atoms with Crippen LogP contribution in [-0.4, -0.2) is 11.7 Å². The number of rotatable bonds is 5. The third-order valence-electron chi connectivity index (χ3n) is 1.47. The zero-order valence-electron chi connectivity index (χ0n) is 9.20. The Bertz CT molecular complexity index is 279. The normalized spacial score (nSPS) is 11.2. The predicted molar refractivity (Wildman–Crippen MR) is 63.9 cm³/mol. The summed E-state index contributed by atoms with van der Waals surface area (Å²) in [6.07, 6.45) is 9.47. The van der Waals surface area contributed by atoms with Crippen molar-refractivity contribution in [1.82, 2.24) is 5.01 Å². The predicted octanol–water partition coefficient (Wildman–Crippen LogP) is 3.47. The molecule has 76 valence electrons. The first-order valence-corrected chi connectivity index (χ1v) is 4.52. The van der Waals surface area contributed by atoms with Gasteiger partial charge in [0.15, 0.2) is 0 Å². The van der Waals surface area contributed by atoms with Crippen LogP contribution in [0.5, 0.6) is 0 Å². The first-order valence-electron chi connectivity index (χ1n) is 4.52. The molecule has 0 aliphatic carbocycles. The second kappa shape index (κ2) is 6.89. The molecule has 0 aliphatic rings. The quantitative estimate of drug-likeness (QED) is 0.368. The molecule has 0 N–H and O–H groups in total. The van der Waals surface area contributed by atoms with Gasteiger partial charge in [0.25, 0.3) is 0 Å². The van der Waals surface area contributed by atoms with Crippen LogP contribution in [0.1, 0.15) is 20.8 Å². The maximum atomic E-state index is 3.89. The van der Waals surface area contributed by atoms with E-state index in [2.05, 4.69) is 18.4 Å². The van der Waals surface area contributed by atoms with Crippen molar-refractivity contribution < 1.29 is 0 Å². The Hall–Kier alpha value is -1.57. The summed E-state index contributed by atoms with van der Waals surface area (Å²) in [5, 5.41) is 5.58. The standard InChI is InChI=1S/C12H18N2/c1-6-8-9-12(7-2)14(13-5)10-11(3)4/h6-10H,2,5H2,1,3-4H3/b8-6-,12-9+. The monoisotopic (exact) mass is 190 g/mol. The molecular weight excluding hydrogens is 172 g/mol. The molecule has 0 aromatic heterocycles. The lowest BCUT2D eigenvalue weighted by Gasteiger charge is -2.14. The molecule has 0 radical (unpaired) electrons. The molecule has 14 heavy (non-hydrogen) atoms. The zero-order chi connectivity index (χ0) is 11.0. The van der Waals surface area contributed by atoms with Crippen molar-refractivity contribution in [2.75, 3.05) is 0 Å². The fraction of sp³-hybridized carbons (Fsp3) is 0.250. The number of nitrogens with zero attached hydrogens (tertiary/aromatic N) is 2. The van der Waals surface area contributed by atoms with Gasteiger partial charge in [0.2, 0.25) is 0 Å². The summed E-state index contributed by atoms with van der Waals surface area (Å²) < 4.78 is 0. The lowest BCUT2D eigenvalue weighted by Crippen LogP contribution is -2.07. The third-order valence-corrected chi connectivity index (χ3v) is 1.47. The Morgan fingerprint density at radius 3 is 2.36 bits per heavy atom. The number of hydrogen-bond acceptors (Lipinski definition) is 2. The van der Waals surface area contributed by atoms with Crippen LogP contribution in [0.2, 0.25) is 0 Å². The molecule has 0 saturated carbocycles. The minimum atomic E-state index is 0.902. The first kappa shape index (κ1) is 12.4. The molecule has 0 unspecified atom stereocenters. The fourth-order valence-electron chi connectivity index (χ4n) is 0.874. The summed E-state index contributed by atoms with van der Waals surface area (Å²) in [5.74, 6) is 0. The van der Waals surface area contributed by atoms with Gasteiger partial charge in [-0.05, 0) is 32.9 Å². The highest BCUT2D eigenvalue weighted by molar-refractivity contribution is 5.28. The highest BCUT2D eigenvalue weighted by Crippen LogP contribution is 2.09. The van der Waals surface area contributed by atoms with Crippen LogP contribution in [0.15, 0.2) is 53.5 Å². The van der Waals surface area contributed by atoms with Crippen molar-refractivity contribution in [1.29, 1.82) is 0 Å². The van der Waals surface area contributed by atoms with Crippen molar-refractivity contribution in [3.8, 4) is 0 Å². The van der Waals surface area contributed by atoms with E-state index in [-0.39, 0.29) is 0 Å². The van der Waals surface area contributed by atoms with Crippen molar-refractivity contribution in [3.05, 3.63) is 48.4 Å². The Labute approximate surface area is 86.6 Å². The van der Waals surface area contributed by atoms with E-state index < -0.39 is 0 Å². The molecular formula is C12H18N2. The minimum Gasteiger partial charge on any atom is -0.242 e. The second-order valence-electron chi connectivity index (χ2n) is 3.01. The largest absolute Gasteiger partial charge is 0.242 e. The first-order chi connectivity index (χ1) is 6.65. The van der Waals surface area contributed by atoms with Crippen molar-refractivity contribution in [3.63, 3.8) is 0 Å². The molecule has 0 saturated heterocycles. The van der Waals surface area contributed by atoms with Crippen molar-refractivity contribution >= 4 is 6.72 Å². The molecule has 0 atom stereocenters. The average Bonchev–Trinajstić information content (AvgIpc) is 2.16. The molecule has 0 bridgehead atoms. The third kappa shape index (κ3) is 4.45. The van der Waals surface area contributed by atoms with Gasteiger partial charge in [-0.15, -0.1) is 0 Å². The molecule has 0 amide bonds. The van der Waals surface area contributed by atoms with Gasteiger partial charge in [-0.1, -0.05) is 24.3 Å². The molecule has 0 rings (SSSR count). The summed E-state index contributed by atoms with van der Waals surface area (Å²) >= 11 is 0. The Kier molecular flexibility index (Phi) is 6.12. The van der Waals surface area contributed by atoms with Gasteiger partial charge < -0.3 is 0 Å². The molecule has 0 aliphatic heterocycles. The molecule has 0 spiro atoms. The smallest absolute Gasteiger partial charge is 0.0639 e. The van der Waals surface area contributed by atoms with E-state index in [9.17, 15) is 0 Å². The zero-order valence-corrected chi connectivity index (χ0v) is 9.20. The van der Waals surface area contributed by atoms with Crippen LogP contribution in [-0.2, 0) is 0 Å². The van der Waals surface area contributed by atoms with E-state index in [1.807, 2.05) is 45.2 Å². The van der Waals surface area contributed by atoms with E-state index in [0.717, 1.165) is 11.3 Å². The highest BCUT2D eigenvalue weighted by Gasteiger charge is 1.98. The van der Waals surface area contributed by atoms with Crippen LogP contribution in [0, 0.1) is 0 Å². The van der Waals surface area contributed by atoms with Crippen LogP contribution in [0.25, 0.3) is 0 Å². The van der Waals surface area contributed by atoms with E-state index in [0.29, 0.717) is 0 Å². The molecule has 0 aromatic carbocycles. The van der Waals surface area contributed by atoms with Crippen LogP contribution < -0.4 is 0 Å². The maximum Gasteiger partial charge on any atom is 0.0639 e. The fourth-order valence-corrected chi connectivity index (χ4v) is 0.874. The second-order valence-corrected chi connectivity index (χ2v) is 3.01. The van der Waals surface area contributed by atoms with E-state index in [1.165, 1.54) is 0 Å². The summed E-state index contributed by atoms with van der Waals surface area (Å²) in [4.78, 5) is 0. The molecule has 2 nitrogen and oxygen atoms in total. The topological polar surface area (TPSA) is 15.6 Å². The van der Waals surface area contributed by atoms with Gasteiger partial charge in [0.05, 0.1) is 5.70 Å². The van der Waals surface area contributed by atoms with Gasteiger partial charge in [-0.3, -0.25) is 0 Å². The number of allylic oxidation sites excluding steroid dienone is 5. The summed E-state index contributed by atoms with van der Waals surface area (Å²) in [6, 6.07) is 0. The van der Waals surface area contributed by atoms with Gasteiger partial charge >= 0.3 is 0 Å². The lowest BCUT2D eigenvalue weighted by molar-refractivity contribution is 0.514. The summed E-state index contributed by atoms with van der Waals surface area (Å²) in [6.45, 7) is 13.2. The van der Waals surface area contributed by atoms with E-state index >= 15 is 0 Å². The Balaban J connectivity index is 4.88. The van der Waals surface area contributed by atoms with Crippen molar-refractivity contribution in [2.45, 2.75) is 20.8 Å². The average molecular weight is 190 g/mol. The maximum absolute atomic E-state index is 3.89. The lowest BCUT2D eigenvalue weighted by atomic mass is 10.3. The van der Waals surface area contributed by atoms with Gasteiger partial charge in [-0.25, -0.2) is 5.01 Å². The SMILES string of the molecule is C=C/C(=C\C=C/C)N(C=C(C)C)N=C. The summed E-state index contributed by atoms with van der Waals surface area (Å²) in [7, 11) is 0. The molecule has 0 aromatic rings. The van der Waals surface area contributed by atoms with E-state index in [4.69, 9.17) is 0 Å². The summed E-state index contributed by atoms with van der Waals surface area (Å²) in [5.41, 5.74) is 2.06. The molecule has 2 heteroatoms. The van der Waals surface area contributed by atoms with Gasteiger partial charge in [-0.2, -0.15) is 5.10 Å². The van der Waals surface area contributed by atoms with Gasteiger partial charge in [0.1, 0.15) is 0 Å². The van der Waals surface area contributed by atoms with Crippen LogP contribution in [0.3, 0.4) is 0 Å². The van der Waals surface area contributed by atoms with Crippen LogP contribution in [0.4, 0.5) is 0 Å². The highest BCUT2D eigenvalue weighted by atomic mass is 15.4. The minimum absolute atomic E-state index is 0.902. The molecule has 0 heterocycles. The van der Waals surface area contributed by atoms with Gasteiger partial charge in [0, 0.05) is 12.9 Å². The Morgan fingerprint density at radius 2 is 2.00 bits per heavy atom. The number of hydrazone groups is 1. The van der Waals surface area contributed by atoms with Crippen LogP contribution >= 0.6 is 0 Å². The van der Waals surface area contributed by atoms with Crippen molar-refractivity contribution in [2.24, 2.45) is 5.10 Å².